The standard InChI is InChI=1S/C21H26Cl2N4O3S/c1-4-30-12-18-26-19-20(13(2)14(3)25-21(19)24)27(18)9-5-6-10-31(28,29)17-8-7-15(22)11-16(17)23/h7-8,11H,4-6,9-10,12H2,1-3H3,(H2,24,25). The summed E-state index contributed by atoms with van der Waals surface area (Å²) < 4.78 is 33.0. The average Bonchev–Trinajstić information content (AvgIpc) is 3.06. The van der Waals surface area contributed by atoms with Crippen LogP contribution in [0.3, 0.4) is 0 Å². The molecular weight excluding hydrogens is 459 g/mol. The van der Waals surface area contributed by atoms with Crippen molar-refractivity contribution in [3.05, 3.63) is 45.3 Å². The number of hydrogen-bond donors (Lipinski definition) is 1. The van der Waals surface area contributed by atoms with Crippen LogP contribution in [0, 0.1) is 13.8 Å². The first kappa shape index (κ1) is 23.8. The SMILES string of the molecule is CCOCc1nc2c(N)nc(C)c(C)c2n1CCCCS(=O)(=O)c1ccc(Cl)cc1Cl. The molecule has 7 nitrogen and oxygen atoms in total. The number of pyridine rings is 1. The van der Waals surface area contributed by atoms with Crippen LogP contribution in [0.2, 0.25) is 10.0 Å². The highest BCUT2D eigenvalue weighted by Gasteiger charge is 2.20. The summed E-state index contributed by atoms with van der Waals surface area (Å²) in [5.74, 6) is 1.13. The van der Waals surface area contributed by atoms with Gasteiger partial charge in [-0.05, 0) is 57.4 Å². The summed E-state index contributed by atoms with van der Waals surface area (Å²) >= 11 is 12.0. The van der Waals surface area contributed by atoms with Gasteiger partial charge in [0.15, 0.2) is 15.7 Å². The first-order valence-electron chi connectivity index (χ1n) is 10.0. The van der Waals surface area contributed by atoms with E-state index in [2.05, 4.69) is 14.5 Å². The van der Waals surface area contributed by atoms with E-state index in [-0.39, 0.29) is 15.7 Å². The van der Waals surface area contributed by atoms with Crippen molar-refractivity contribution in [2.75, 3.05) is 18.1 Å². The lowest BCUT2D eigenvalue weighted by molar-refractivity contribution is 0.126. The molecule has 0 aliphatic carbocycles. The van der Waals surface area contributed by atoms with Crippen molar-refractivity contribution >= 4 is 49.9 Å². The Kier molecular flexibility index (Phi) is 7.47. The number of hydrogen-bond acceptors (Lipinski definition) is 6. The van der Waals surface area contributed by atoms with Crippen molar-refractivity contribution in [1.82, 2.24) is 14.5 Å². The summed E-state index contributed by atoms with van der Waals surface area (Å²) in [6, 6.07) is 4.42. The van der Waals surface area contributed by atoms with Gasteiger partial charge in [0, 0.05) is 23.9 Å². The zero-order chi connectivity index (χ0) is 22.8. The Labute approximate surface area is 192 Å². The highest BCUT2D eigenvalue weighted by atomic mass is 35.5. The molecule has 31 heavy (non-hydrogen) atoms. The number of aromatic nitrogens is 3. The van der Waals surface area contributed by atoms with Gasteiger partial charge >= 0.3 is 0 Å². The molecule has 0 aliphatic heterocycles. The van der Waals surface area contributed by atoms with Crippen LogP contribution in [-0.2, 0) is 27.7 Å². The third kappa shape index (κ3) is 5.14. The predicted octanol–water partition coefficient (Wildman–Crippen LogP) is 4.73. The molecule has 0 unspecified atom stereocenters. The summed E-state index contributed by atoms with van der Waals surface area (Å²) in [6.45, 7) is 7.32. The molecule has 0 fully saturated rings. The maximum atomic E-state index is 12.7. The Morgan fingerprint density at radius 3 is 2.58 bits per heavy atom. The second-order valence-corrected chi connectivity index (χ2v) is 10.2. The van der Waals surface area contributed by atoms with Gasteiger partial charge in [0.25, 0.3) is 0 Å². The van der Waals surface area contributed by atoms with Crippen LogP contribution in [0.5, 0.6) is 0 Å². The Hall–Kier alpha value is -1.87. The molecule has 0 spiro atoms. The number of ether oxygens (including phenoxy) is 1. The van der Waals surface area contributed by atoms with Gasteiger partial charge in [0.2, 0.25) is 0 Å². The molecule has 10 heteroatoms. The van der Waals surface area contributed by atoms with E-state index in [0.717, 1.165) is 22.6 Å². The molecule has 0 atom stereocenters. The van der Waals surface area contributed by atoms with Crippen molar-refractivity contribution < 1.29 is 13.2 Å². The number of sulfone groups is 1. The first-order valence-corrected chi connectivity index (χ1v) is 12.4. The van der Waals surface area contributed by atoms with Gasteiger partial charge in [-0.1, -0.05) is 23.2 Å². The van der Waals surface area contributed by atoms with Crippen molar-refractivity contribution in [2.45, 2.75) is 51.7 Å². The topological polar surface area (TPSA) is 100 Å². The van der Waals surface area contributed by atoms with Gasteiger partial charge in [0.1, 0.15) is 17.9 Å². The molecule has 168 valence electrons. The van der Waals surface area contributed by atoms with Crippen LogP contribution < -0.4 is 5.73 Å². The van der Waals surface area contributed by atoms with E-state index in [1.165, 1.54) is 18.2 Å². The third-order valence-electron chi connectivity index (χ3n) is 5.18. The number of fused-ring (bicyclic) bond motifs is 1. The van der Waals surface area contributed by atoms with Crippen molar-refractivity contribution in [2.24, 2.45) is 0 Å². The normalized spacial score (nSPS) is 12.0. The van der Waals surface area contributed by atoms with Gasteiger partial charge in [-0.15, -0.1) is 0 Å². The fraction of sp³-hybridized carbons (Fsp3) is 0.429. The van der Waals surface area contributed by atoms with Gasteiger partial charge in [-0.25, -0.2) is 18.4 Å². The number of rotatable bonds is 9. The average molecular weight is 485 g/mol. The van der Waals surface area contributed by atoms with Crippen LogP contribution in [0.25, 0.3) is 11.0 Å². The fourth-order valence-corrected chi connectivity index (χ4v) is 5.69. The lowest BCUT2D eigenvalue weighted by Gasteiger charge is -2.12. The van der Waals surface area contributed by atoms with Gasteiger partial charge in [0.05, 0.1) is 21.2 Å². The summed E-state index contributed by atoms with van der Waals surface area (Å²) in [6.07, 6.45) is 1.10. The monoisotopic (exact) mass is 484 g/mol. The number of aryl methyl sites for hydroxylation is 3. The molecule has 0 aliphatic rings. The minimum atomic E-state index is -3.51. The van der Waals surface area contributed by atoms with Crippen molar-refractivity contribution in [3.8, 4) is 0 Å². The van der Waals surface area contributed by atoms with Crippen molar-refractivity contribution in [1.29, 1.82) is 0 Å². The summed E-state index contributed by atoms with van der Waals surface area (Å²) in [7, 11) is -3.51. The molecule has 0 saturated carbocycles. The molecular formula is C21H26Cl2N4O3S. The second kappa shape index (κ2) is 9.73. The van der Waals surface area contributed by atoms with E-state index in [9.17, 15) is 8.42 Å². The first-order chi connectivity index (χ1) is 14.7. The second-order valence-electron chi connectivity index (χ2n) is 7.32. The van der Waals surface area contributed by atoms with Gasteiger partial charge in [-0.2, -0.15) is 0 Å². The van der Waals surface area contributed by atoms with E-state index in [4.69, 9.17) is 33.7 Å². The zero-order valence-corrected chi connectivity index (χ0v) is 20.1. The van der Waals surface area contributed by atoms with Gasteiger partial charge < -0.3 is 15.0 Å². The Morgan fingerprint density at radius 1 is 1.16 bits per heavy atom. The van der Waals surface area contributed by atoms with E-state index in [1.807, 2.05) is 20.8 Å². The zero-order valence-electron chi connectivity index (χ0n) is 17.8. The van der Waals surface area contributed by atoms with Crippen molar-refractivity contribution in [3.63, 3.8) is 0 Å². The van der Waals surface area contributed by atoms with Crippen LogP contribution >= 0.6 is 23.2 Å². The Morgan fingerprint density at radius 2 is 1.90 bits per heavy atom. The maximum Gasteiger partial charge on any atom is 0.179 e. The summed E-state index contributed by atoms with van der Waals surface area (Å²) in [5.41, 5.74) is 9.52. The number of halogens is 2. The molecule has 0 amide bonds. The fourth-order valence-electron chi connectivity index (χ4n) is 3.49. The Balaban J connectivity index is 1.80. The maximum absolute atomic E-state index is 12.7. The number of anilines is 1. The number of nitrogen functional groups attached to an aromatic ring is 1. The van der Waals surface area contributed by atoms with E-state index < -0.39 is 9.84 Å². The molecule has 2 N–H and O–H groups in total. The number of benzene rings is 1. The molecule has 1 aromatic carbocycles. The van der Waals surface area contributed by atoms with Crippen LogP contribution in [-0.4, -0.2) is 35.3 Å². The smallest absolute Gasteiger partial charge is 0.179 e. The minimum Gasteiger partial charge on any atom is -0.382 e. The van der Waals surface area contributed by atoms with Crippen LogP contribution in [0.1, 0.15) is 36.8 Å². The minimum absolute atomic E-state index is 0.0104. The largest absolute Gasteiger partial charge is 0.382 e. The van der Waals surface area contributed by atoms with E-state index in [0.29, 0.717) is 49.0 Å². The van der Waals surface area contributed by atoms with E-state index in [1.54, 1.807) is 0 Å². The molecule has 3 aromatic rings. The molecule has 2 heterocycles. The predicted molar refractivity (Wildman–Crippen MR) is 124 cm³/mol. The van der Waals surface area contributed by atoms with Crippen LogP contribution in [0.4, 0.5) is 5.82 Å². The molecule has 0 saturated heterocycles. The Bertz CT molecular complexity index is 1210. The quantitative estimate of drug-likeness (QED) is 0.440. The highest BCUT2D eigenvalue weighted by Crippen LogP contribution is 2.28. The molecule has 2 aromatic heterocycles. The summed E-state index contributed by atoms with van der Waals surface area (Å²) in [4.78, 5) is 9.13. The summed E-state index contributed by atoms with van der Waals surface area (Å²) in [5, 5.41) is 0.540. The lowest BCUT2D eigenvalue weighted by Crippen LogP contribution is -2.11. The highest BCUT2D eigenvalue weighted by molar-refractivity contribution is 7.91. The number of imidazole rings is 1. The van der Waals surface area contributed by atoms with Crippen LogP contribution in [0.15, 0.2) is 23.1 Å². The lowest BCUT2D eigenvalue weighted by atomic mass is 10.2. The number of nitrogens with two attached hydrogens (primary N) is 1. The van der Waals surface area contributed by atoms with E-state index >= 15 is 0 Å². The third-order valence-corrected chi connectivity index (χ3v) is 7.70. The molecule has 3 rings (SSSR count). The molecule has 0 radical (unpaired) electrons. The number of unbranched alkanes of at least 4 members (excludes halogenated alkanes) is 1. The molecule has 0 bridgehead atoms. The number of nitrogens with zero attached hydrogens (tertiary/aromatic N) is 3. The van der Waals surface area contributed by atoms with Gasteiger partial charge in [-0.3, -0.25) is 0 Å².